The van der Waals surface area contributed by atoms with E-state index in [-0.39, 0.29) is 11.9 Å². The molecule has 7 heteroatoms. The van der Waals surface area contributed by atoms with Crippen LogP contribution in [0.2, 0.25) is 0 Å². The van der Waals surface area contributed by atoms with E-state index in [1.807, 2.05) is 36.5 Å². The van der Waals surface area contributed by atoms with Crippen molar-refractivity contribution in [3.63, 3.8) is 0 Å². The van der Waals surface area contributed by atoms with Gasteiger partial charge in [-0.25, -0.2) is 9.97 Å². The molecule has 0 bridgehead atoms. The number of rotatable bonds is 6. The highest BCUT2D eigenvalue weighted by Crippen LogP contribution is 2.32. The Morgan fingerprint density at radius 2 is 2.08 bits per heavy atom. The van der Waals surface area contributed by atoms with Crippen LogP contribution in [0.1, 0.15) is 54.6 Å². The predicted molar refractivity (Wildman–Crippen MR) is 101 cm³/mol. The number of anilines is 1. The maximum atomic E-state index is 12.8. The first kappa shape index (κ1) is 18.4. The minimum absolute atomic E-state index is 0.0602. The van der Waals surface area contributed by atoms with Gasteiger partial charge in [0.2, 0.25) is 5.91 Å². The van der Waals surface area contributed by atoms with Gasteiger partial charge in [-0.05, 0) is 46.1 Å². The molecule has 0 aromatic carbocycles. The third-order valence-electron chi connectivity index (χ3n) is 4.89. The second-order valence-electron chi connectivity index (χ2n) is 6.97. The number of hydrogen-bond acceptors (Lipinski definition) is 5. The van der Waals surface area contributed by atoms with Gasteiger partial charge in [0.15, 0.2) is 0 Å². The molecule has 3 heterocycles. The number of nitrogens with one attached hydrogen (secondary N) is 1. The number of aryl methyl sites for hydroxylation is 4. The van der Waals surface area contributed by atoms with Crippen LogP contribution in [0.3, 0.4) is 0 Å². The van der Waals surface area contributed by atoms with Crippen molar-refractivity contribution in [2.24, 2.45) is 0 Å². The van der Waals surface area contributed by atoms with Crippen LogP contribution >= 0.6 is 0 Å². The van der Waals surface area contributed by atoms with Crippen LogP contribution < -0.4 is 5.32 Å². The Labute approximate surface area is 154 Å². The second-order valence-corrected chi connectivity index (χ2v) is 6.97. The summed E-state index contributed by atoms with van der Waals surface area (Å²) in [6.45, 7) is 7.52. The zero-order valence-corrected chi connectivity index (χ0v) is 16.1. The van der Waals surface area contributed by atoms with Gasteiger partial charge < -0.3 is 10.2 Å². The fourth-order valence-electron chi connectivity index (χ4n) is 3.69. The topological polar surface area (TPSA) is 75.9 Å². The molecule has 1 amide bonds. The van der Waals surface area contributed by atoms with Crippen LogP contribution in [0, 0.1) is 20.8 Å². The summed E-state index contributed by atoms with van der Waals surface area (Å²) in [7, 11) is 1.85. The molecule has 7 nitrogen and oxygen atoms in total. The van der Waals surface area contributed by atoms with Crippen molar-refractivity contribution < 1.29 is 4.79 Å². The number of likely N-dealkylation sites (tertiary alicyclic amines) is 1. The van der Waals surface area contributed by atoms with Crippen LogP contribution in [0.5, 0.6) is 0 Å². The average molecular weight is 356 g/mol. The standard InChI is InChI=1S/C19H28N6O/c1-13-11-14(2)25(23-13)10-6-8-19(26)24-9-5-7-17(24)16-12-18(20-4)22-15(3)21-16/h11-12,17H,5-10H2,1-4H3,(H,20,21,22)/t17-/m0/s1. The summed E-state index contributed by atoms with van der Waals surface area (Å²) in [4.78, 5) is 23.7. The van der Waals surface area contributed by atoms with E-state index in [9.17, 15) is 4.79 Å². The minimum Gasteiger partial charge on any atom is -0.373 e. The summed E-state index contributed by atoms with van der Waals surface area (Å²) in [6.07, 6.45) is 3.32. The number of carbonyl (C=O) groups excluding carboxylic acids is 1. The molecule has 1 aliphatic heterocycles. The van der Waals surface area contributed by atoms with Gasteiger partial charge in [0.05, 0.1) is 17.4 Å². The summed E-state index contributed by atoms with van der Waals surface area (Å²) < 4.78 is 1.98. The van der Waals surface area contributed by atoms with E-state index in [1.54, 1.807) is 0 Å². The number of carbonyl (C=O) groups is 1. The van der Waals surface area contributed by atoms with Crippen molar-refractivity contribution in [2.75, 3.05) is 18.9 Å². The summed E-state index contributed by atoms with van der Waals surface area (Å²) in [5.74, 6) is 1.74. The van der Waals surface area contributed by atoms with Crippen LogP contribution in [0.15, 0.2) is 12.1 Å². The smallest absolute Gasteiger partial charge is 0.223 e. The van der Waals surface area contributed by atoms with E-state index in [1.165, 1.54) is 0 Å². The van der Waals surface area contributed by atoms with Crippen LogP contribution in [-0.4, -0.2) is 44.1 Å². The quantitative estimate of drug-likeness (QED) is 0.861. The Kier molecular flexibility index (Phi) is 5.54. The molecule has 1 saturated heterocycles. The Morgan fingerprint density at radius 1 is 1.27 bits per heavy atom. The largest absolute Gasteiger partial charge is 0.373 e. The monoisotopic (exact) mass is 356 g/mol. The first-order valence-corrected chi connectivity index (χ1v) is 9.32. The highest BCUT2D eigenvalue weighted by Gasteiger charge is 2.31. The lowest BCUT2D eigenvalue weighted by Gasteiger charge is -2.25. The van der Waals surface area contributed by atoms with Gasteiger partial charge in [-0.15, -0.1) is 0 Å². The van der Waals surface area contributed by atoms with Crippen molar-refractivity contribution >= 4 is 11.7 Å². The fraction of sp³-hybridized carbons (Fsp3) is 0.579. The Balaban J connectivity index is 1.63. The molecule has 1 aliphatic rings. The Bertz CT molecular complexity index is 784. The van der Waals surface area contributed by atoms with Gasteiger partial charge in [0, 0.05) is 38.3 Å². The van der Waals surface area contributed by atoms with Gasteiger partial charge in [0.25, 0.3) is 0 Å². The average Bonchev–Trinajstić information content (AvgIpc) is 3.21. The SMILES string of the molecule is CNc1cc([C@@H]2CCCN2C(=O)CCCn2nc(C)cc2C)nc(C)n1. The number of hydrogen-bond donors (Lipinski definition) is 1. The molecule has 1 fully saturated rings. The summed E-state index contributed by atoms with van der Waals surface area (Å²) in [5, 5.41) is 7.53. The maximum absolute atomic E-state index is 12.8. The van der Waals surface area contributed by atoms with Crippen molar-refractivity contribution in [3.8, 4) is 0 Å². The highest BCUT2D eigenvalue weighted by atomic mass is 16.2. The van der Waals surface area contributed by atoms with Crippen molar-refractivity contribution in [1.29, 1.82) is 0 Å². The van der Waals surface area contributed by atoms with Crippen molar-refractivity contribution in [2.45, 2.75) is 59.0 Å². The normalized spacial score (nSPS) is 16.9. The molecule has 0 aliphatic carbocycles. The molecule has 2 aromatic heterocycles. The van der Waals surface area contributed by atoms with E-state index >= 15 is 0 Å². The molecule has 2 aromatic rings. The molecule has 1 atom stereocenters. The van der Waals surface area contributed by atoms with Gasteiger partial charge in [0.1, 0.15) is 11.6 Å². The zero-order valence-electron chi connectivity index (χ0n) is 16.1. The number of aromatic nitrogens is 4. The molecular weight excluding hydrogens is 328 g/mol. The van der Waals surface area contributed by atoms with Gasteiger partial charge >= 0.3 is 0 Å². The fourth-order valence-corrected chi connectivity index (χ4v) is 3.69. The molecule has 0 unspecified atom stereocenters. The number of nitrogens with zero attached hydrogens (tertiary/aromatic N) is 5. The first-order valence-electron chi connectivity index (χ1n) is 9.32. The van der Waals surface area contributed by atoms with E-state index in [2.05, 4.69) is 33.4 Å². The molecule has 0 saturated carbocycles. The molecule has 0 spiro atoms. The highest BCUT2D eigenvalue weighted by molar-refractivity contribution is 5.77. The van der Waals surface area contributed by atoms with Crippen LogP contribution in [0.25, 0.3) is 0 Å². The molecule has 26 heavy (non-hydrogen) atoms. The lowest BCUT2D eigenvalue weighted by Crippen LogP contribution is -2.31. The predicted octanol–water partition coefficient (Wildman–Crippen LogP) is 2.78. The van der Waals surface area contributed by atoms with Crippen molar-refractivity contribution in [1.82, 2.24) is 24.6 Å². The van der Waals surface area contributed by atoms with E-state index in [0.29, 0.717) is 6.42 Å². The van der Waals surface area contributed by atoms with Gasteiger partial charge in [-0.1, -0.05) is 0 Å². The van der Waals surface area contributed by atoms with Crippen molar-refractivity contribution in [3.05, 3.63) is 35.0 Å². The molecular formula is C19H28N6O. The Morgan fingerprint density at radius 3 is 2.77 bits per heavy atom. The molecule has 1 N–H and O–H groups in total. The molecule has 140 valence electrons. The summed E-state index contributed by atoms with van der Waals surface area (Å²) in [5.41, 5.74) is 3.10. The van der Waals surface area contributed by atoms with E-state index in [0.717, 1.165) is 61.1 Å². The first-order chi connectivity index (χ1) is 12.5. The molecule has 0 radical (unpaired) electrons. The third-order valence-corrected chi connectivity index (χ3v) is 4.89. The molecule has 3 rings (SSSR count). The van der Waals surface area contributed by atoms with Gasteiger partial charge in [-0.2, -0.15) is 5.10 Å². The Hall–Kier alpha value is -2.44. The van der Waals surface area contributed by atoms with Gasteiger partial charge in [-0.3, -0.25) is 9.48 Å². The van der Waals surface area contributed by atoms with E-state index < -0.39 is 0 Å². The van der Waals surface area contributed by atoms with Crippen LogP contribution in [-0.2, 0) is 11.3 Å². The van der Waals surface area contributed by atoms with E-state index in [4.69, 9.17) is 0 Å². The minimum atomic E-state index is 0.0602. The second kappa shape index (κ2) is 7.85. The lowest BCUT2D eigenvalue weighted by molar-refractivity contribution is -0.132. The third kappa shape index (κ3) is 4.03. The summed E-state index contributed by atoms with van der Waals surface area (Å²) >= 11 is 0. The zero-order chi connectivity index (χ0) is 18.7. The lowest BCUT2D eigenvalue weighted by atomic mass is 10.1. The van der Waals surface area contributed by atoms with Crippen LogP contribution in [0.4, 0.5) is 5.82 Å². The maximum Gasteiger partial charge on any atom is 0.223 e. The summed E-state index contributed by atoms with van der Waals surface area (Å²) in [6, 6.07) is 4.08. The number of amides is 1.